The van der Waals surface area contributed by atoms with Gasteiger partial charge in [0.25, 0.3) is 5.91 Å². The van der Waals surface area contributed by atoms with Crippen LogP contribution in [-0.2, 0) is 9.59 Å². The molecule has 1 aliphatic rings. The maximum atomic E-state index is 12.6. The summed E-state index contributed by atoms with van der Waals surface area (Å²) in [5.41, 5.74) is 2.88. The third kappa shape index (κ3) is 3.16. The third-order valence-corrected chi connectivity index (χ3v) is 4.17. The normalized spacial score (nSPS) is 16.2. The molecular weight excluding hydrogens is 304 g/mol. The van der Waals surface area contributed by atoms with Crippen LogP contribution in [0.4, 0.5) is 5.69 Å². The SMILES string of the molecule is C[C@H](O)C(=O)N1CCN(c2ccccc2-c2ccccc2)C(=O)C1. The van der Waals surface area contributed by atoms with Crippen molar-refractivity contribution in [2.75, 3.05) is 24.5 Å². The summed E-state index contributed by atoms with van der Waals surface area (Å²) in [4.78, 5) is 27.6. The summed E-state index contributed by atoms with van der Waals surface area (Å²) in [6, 6.07) is 17.7. The Bertz CT molecular complexity index is 743. The Hall–Kier alpha value is -2.66. The molecule has 1 heterocycles. The average molecular weight is 324 g/mol. The quantitative estimate of drug-likeness (QED) is 0.938. The lowest BCUT2D eigenvalue weighted by atomic mass is 10.0. The van der Waals surface area contributed by atoms with Crippen LogP contribution in [0.5, 0.6) is 0 Å². The molecule has 0 saturated carbocycles. The van der Waals surface area contributed by atoms with Gasteiger partial charge in [0.2, 0.25) is 5.91 Å². The van der Waals surface area contributed by atoms with Gasteiger partial charge in [-0.25, -0.2) is 0 Å². The van der Waals surface area contributed by atoms with Crippen molar-refractivity contribution in [3.63, 3.8) is 0 Å². The fourth-order valence-corrected chi connectivity index (χ4v) is 2.95. The maximum Gasteiger partial charge on any atom is 0.251 e. The highest BCUT2D eigenvalue weighted by Crippen LogP contribution is 2.31. The Labute approximate surface area is 141 Å². The number of carbonyl (C=O) groups excluding carboxylic acids is 2. The molecule has 0 unspecified atom stereocenters. The molecule has 1 saturated heterocycles. The second-order valence-corrected chi connectivity index (χ2v) is 5.86. The molecule has 2 aromatic rings. The topological polar surface area (TPSA) is 60.9 Å². The highest BCUT2D eigenvalue weighted by Gasteiger charge is 2.30. The van der Waals surface area contributed by atoms with E-state index in [1.54, 1.807) is 4.90 Å². The molecule has 5 nitrogen and oxygen atoms in total. The number of hydrogen-bond acceptors (Lipinski definition) is 3. The van der Waals surface area contributed by atoms with Gasteiger partial charge in [-0.1, -0.05) is 48.5 Å². The number of aliphatic hydroxyl groups excluding tert-OH is 1. The van der Waals surface area contributed by atoms with E-state index in [0.717, 1.165) is 16.8 Å². The lowest BCUT2D eigenvalue weighted by Gasteiger charge is -2.35. The van der Waals surface area contributed by atoms with E-state index >= 15 is 0 Å². The first kappa shape index (κ1) is 16.2. The number of benzene rings is 2. The predicted molar refractivity (Wildman–Crippen MR) is 92.5 cm³/mol. The summed E-state index contributed by atoms with van der Waals surface area (Å²) in [5.74, 6) is -0.544. The first-order valence-corrected chi connectivity index (χ1v) is 7.99. The van der Waals surface area contributed by atoms with Crippen molar-refractivity contribution in [3.8, 4) is 11.1 Å². The molecule has 0 aromatic heterocycles. The van der Waals surface area contributed by atoms with Crippen LogP contribution in [0, 0.1) is 0 Å². The number of hydrogen-bond donors (Lipinski definition) is 1. The van der Waals surface area contributed by atoms with Crippen molar-refractivity contribution in [1.82, 2.24) is 4.90 Å². The number of carbonyl (C=O) groups is 2. The number of nitrogens with zero attached hydrogens (tertiary/aromatic N) is 2. The van der Waals surface area contributed by atoms with Crippen molar-refractivity contribution in [3.05, 3.63) is 54.6 Å². The van der Waals surface area contributed by atoms with Gasteiger partial charge in [-0.3, -0.25) is 9.59 Å². The summed E-state index contributed by atoms with van der Waals surface area (Å²) in [6.45, 7) is 2.25. The molecule has 3 rings (SSSR count). The van der Waals surface area contributed by atoms with Crippen LogP contribution in [0.3, 0.4) is 0 Å². The van der Waals surface area contributed by atoms with Crippen LogP contribution >= 0.6 is 0 Å². The zero-order valence-electron chi connectivity index (χ0n) is 13.6. The molecular formula is C19H20N2O3. The molecule has 124 valence electrons. The van der Waals surface area contributed by atoms with Gasteiger partial charge < -0.3 is 14.9 Å². The van der Waals surface area contributed by atoms with Crippen molar-refractivity contribution in [2.45, 2.75) is 13.0 Å². The average Bonchev–Trinajstić information content (AvgIpc) is 2.61. The standard InChI is InChI=1S/C19H20N2O3/c1-14(22)19(24)20-11-12-21(18(23)13-20)17-10-6-5-9-16(17)15-7-3-2-4-8-15/h2-10,14,22H,11-13H2,1H3/t14-/m0/s1. The molecule has 1 aliphatic heterocycles. The zero-order valence-corrected chi connectivity index (χ0v) is 13.6. The summed E-state index contributed by atoms with van der Waals surface area (Å²) >= 11 is 0. The van der Waals surface area contributed by atoms with E-state index in [4.69, 9.17) is 0 Å². The number of amides is 2. The molecule has 0 bridgehead atoms. The lowest BCUT2D eigenvalue weighted by molar-refractivity contribution is -0.143. The van der Waals surface area contributed by atoms with Gasteiger partial charge >= 0.3 is 0 Å². The predicted octanol–water partition coefficient (Wildman–Crippen LogP) is 1.91. The molecule has 1 N–H and O–H groups in total. The molecule has 0 aliphatic carbocycles. The number of piperazine rings is 1. The van der Waals surface area contributed by atoms with Crippen molar-refractivity contribution >= 4 is 17.5 Å². The maximum absolute atomic E-state index is 12.6. The van der Waals surface area contributed by atoms with Crippen molar-refractivity contribution in [1.29, 1.82) is 0 Å². The lowest BCUT2D eigenvalue weighted by Crippen LogP contribution is -2.54. The Morgan fingerprint density at radius 2 is 1.71 bits per heavy atom. The van der Waals surface area contributed by atoms with Crippen LogP contribution in [0.25, 0.3) is 11.1 Å². The smallest absolute Gasteiger partial charge is 0.251 e. The molecule has 1 fully saturated rings. The minimum atomic E-state index is -1.08. The number of anilines is 1. The van der Waals surface area contributed by atoms with E-state index in [-0.39, 0.29) is 12.5 Å². The summed E-state index contributed by atoms with van der Waals surface area (Å²) < 4.78 is 0. The molecule has 24 heavy (non-hydrogen) atoms. The minimum Gasteiger partial charge on any atom is -0.384 e. The largest absolute Gasteiger partial charge is 0.384 e. The number of aliphatic hydroxyl groups is 1. The highest BCUT2D eigenvalue weighted by atomic mass is 16.3. The van der Waals surface area contributed by atoms with Crippen LogP contribution in [0.2, 0.25) is 0 Å². The second-order valence-electron chi connectivity index (χ2n) is 5.86. The van der Waals surface area contributed by atoms with Gasteiger partial charge in [-0.05, 0) is 18.6 Å². The highest BCUT2D eigenvalue weighted by molar-refractivity contribution is 6.01. The molecule has 2 amide bonds. The van der Waals surface area contributed by atoms with Gasteiger partial charge in [0, 0.05) is 18.7 Å². The van der Waals surface area contributed by atoms with Gasteiger partial charge in [-0.2, -0.15) is 0 Å². The minimum absolute atomic E-state index is 0.00709. The summed E-state index contributed by atoms with van der Waals surface area (Å²) in [5, 5.41) is 9.42. The first-order chi connectivity index (χ1) is 11.6. The van der Waals surface area contributed by atoms with Crippen LogP contribution < -0.4 is 4.90 Å². The molecule has 1 atom stereocenters. The monoisotopic (exact) mass is 324 g/mol. The summed E-state index contributed by atoms with van der Waals surface area (Å²) in [7, 11) is 0. The van der Waals surface area contributed by atoms with Crippen molar-refractivity contribution in [2.24, 2.45) is 0 Å². The van der Waals surface area contributed by atoms with Crippen LogP contribution in [0.15, 0.2) is 54.6 Å². The Morgan fingerprint density at radius 1 is 1.04 bits per heavy atom. The molecule has 0 radical (unpaired) electrons. The van der Waals surface area contributed by atoms with E-state index in [1.807, 2.05) is 54.6 Å². The van der Waals surface area contributed by atoms with Crippen molar-refractivity contribution < 1.29 is 14.7 Å². The first-order valence-electron chi connectivity index (χ1n) is 7.99. The zero-order chi connectivity index (χ0) is 17.1. The fourth-order valence-electron chi connectivity index (χ4n) is 2.95. The van der Waals surface area contributed by atoms with Gasteiger partial charge in [0.15, 0.2) is 0 Å². The van der Waals surface area contributed by atoms with Gasteiger partial charge in [0.1, 0.15) is 12.6 Å². The third-order valence-electron chi connectivity index (χ3n) is 4.17. The molecule has 5 heteroatoms. The van der Waals surface area contributed by atoms with E-state index < -0.39 is 12.0 Å². The van der Waals surface area contributed by atoms with E-state index in [1.165, 1.54) is 11.8 Å². The second kappa shape index (κ2) is 6.84. The Balaban J connectivity index is 1.87. The summed E-state index contributed by atoms with van der Waals surface area (Å²) in [6.07, 6.45) is -1.08. The van der Waals surface area contributed by atoms with Crippen LogP contribution in [-0.4, -0.2) is 47.6 Å². The Kier molecular flexibility index (Phi) is 4.62. The van der Waals surface area contributed by atoms with Crippen LogP contribution in [0.1, 0.15) is 6.92 Å². The molecule has 2 aromatic carbocycles. The van der Waals surface area contributed by atoms with Gasteiger partial charge in [-0.15, -0.1) is 0 Å². The van der Waals surface area contributed by atoms with E-state index in [2.05, 4.69) is 0 Å². The van der Waals surface area contributed by atoms with E-state index in [0.29, 0.717) is 13.1 Å². The van der Waals surface area contributed by atoms with E-state index in [9.17, 15) is 14.7 Å². The van der Waals surface area contributed by atoms with Gasteiger partial charge in [0.05, 0.1) is 5.69 Å². The fraction of sp³-hybridized carbons (Fsp3) is 0.263. The Morgan fingerprint density at radius 3 is 2.38 bits per heavy atom. The number of para-hydroxylation sites is 1. The molecule has 0 spiro atoms. The number of rotatable bonds is 3.